The Morgan fingerprint density at radius 3 is 2.76 bits per heavy atom. The quantitative estimate of drug-likeness (QED) is 0.469. The van der Waals surface area contributed by atoms with Crippen LogP contribution >= 0.6 is 0 Å². The third kappa shape index (κ3) is 4.08. The summed E-state index contributed by atoms with van der Waals surface area (Å²) in [6, 6.07) is 7.77. The number of nitrogens with zero attached hydrogens (tertiary/aromatic N) is 5. The molecule has 0 aliphatic carbocycles. The average Bonchev–Trinajstić information content (AvgIpc) is 3.30. The highest BCUT2D eigenvalue weighted by atomic mass is 16.3. The summed E-state index contributed by atoms with van der Waals surface area (Å²) in [5.74, 6) is 0.996. The molecule has 3 heterocycles. The molecule has 0 spiro atoms. The van der Waals surface area contributed by atoms with E-state index in [2.05, 4.69) is 50.4 Å². The molecule has 29 heavy (non-hydrogen) atoms. The first-order valence-electron chi connectivity index (χ1n) is 9.84. The molecule has 0 bridgehead atoms. The van der Waals surface area contributed by atoms with Crippen LogP contribution in [0.25, 0.3) is 11.0 Å². The van der Waals surface area contributed by atoms with Crippen LogP contribution in [0.3, 0.4) is 0 Å². The molecule has 0 aliphatic rings. The zero-order valence-electron chi connectivity index (χ0n) is 17.1. The number of anilines is 1. The van der Waals surface area contributed by atoms with Crippen molar-refractivity contribution in [1.82, 2.24) is 24.1 Å². The van der Waals surface area contributed by atoms with Gasteiger partial charge < -0.3 is 19.6 Å². The average molecular weight is 390 g/mol. The number of aryl methyl sites for hydroxylation is 4. The van der Waals surface area contributed by atoms with Crippen LogP contribution in [0.5, 0.6) is 5.75 Å². The number of fused-ring (bicyclic) bond motifs is 1. The van der Waals surface area contributed by atoms with Crippen LogP contribution in [-0.4, -0.2) is 35.7 Å². The second-order valence-corrected chi connectivity index (χ2v) is 7.47. The zero-order chi connectivity index (χ0) is 20.4. The van der Waals surface area contributed by atoms with Gasteiger partial charge >= 0.3 is 0 Å². The topological polar surface area (TPSA) is 80.8 Å². The smallest absolute Gasteiger partial charge is 0.204 e. The fourth-order valence-corrected chi connectivity index (χ4v) is 3.69. The van der Waals surface area contributed by atoms with Gasteiger partial charge in [0.25, 0.3) is 0 Å². The number of nitrogens with one attached hydrogen (secondary N) is 1. The minimum absolute atomic E-state index is 0.202. The Hall–Kier alpha value is -3.35. The maximum absolute atomic E-state index is 10.3. The van der Waals surface area contributed by atoms with Gasteiger partial charge in [-0.2, -0.15) is 0 Å². The molecule has 150 valence electrons. The molecule has 0 aliphatic heterocycles. The van der Waals surface area contributed by atoms with E-state index in [-0.39, 0.29) is 5.75 Å². The van der Waals surface area contributed by atoms with Crippen LogP contribution in [0, 0.1) is 20.8 Å². The molecule has 0 saturated carbocycles. The van der Waals surface area contributed by atoms with Crippen LogP contribution in [0.2, 0.25) is 0 Å². The molecule has 4 rings (SSSR count). The van der Waals surface area contributed by atoms with Gasteiger partial charge in [-0.1, -0.05) is 6.07 Å². The van der Waals surface area contributed by atoms with Gasteiger partial charge in [-0.05, 0) is 56.5 Å². The molecule has 0 amide bonds. The summed E-state index contributed by atoms with van der Waals surface area (Å²) in [5, 5.41) is 13.8. The molecular weight excluding hydrogens is 364 g/mol. The lowest BCUT2D eigenvalue weighted by atomic mass is 10.1. The lowest BCUT2D eigenvalue weighted by molar-refractivity contribution is 0.461. The Kier molecular flexibility index (Phi) is 5.20. The number of rotatable bonds is 7. The Morgan fingerprint density at radius 1 is 1.10 bits per heavy atom. The van der Waals surface area contributed by atoms with E-state index in [1.807, 2.05) is 25.5 Å². The van der Waals surface area contributed by atoms with Crippen molar-refractivity contribution >= 4 is 17.0 Å². The van der Waals surface area contributed by atoms with Gasteiger partial charge in [-0.3, -0.25) is 4.98 Å². The maximum atomic E-state index is 10.3. The molecule has 0 unspecified atom stereocenters. The zero-order valence-corrected chi connectivity index (χ0v) is 17.1. The van der Waals surface area contributed by atoms with Crippen LogP contribution in [0.4, 0.5) is 5.95 Å². The second kappa shape index (κ2) is 7.95. The molecular formula is C22H26N6O. The first-order chi connectivity index (χ1) is 14.0. The lowest BCUT2D eigenvalue weighted by Gasteiger charge is -2.13. The van der Waals surface area contributed by atoms with E-state index in [4.69, 9.17) is 4.98 Å². The number of hydrogen-bond acceptors (Lipinski definition) is 5. The number of aromatic nitrogens is 5. The van der Waals surface area contributed by atoms with E-state index in [0.29, 0.717) is 12.2 Å². The highest BCUT2D eigenvalue weighted by Crippen LogP contribution is 2.27. The summed E-state index contributed by atoms with van der Waals surface area (Å²) in [5.41, 5.74) is 5.88. The van der Waals surface area contributed by atoms with E-state index in [1.54, 1.807) is 12.3 Å². The third-order valence-corrected chi connectivity index (χ3v) is 5.01. The molecule has 7 heteroatoms. The predicted octanol–water partition coefficient (Wildman–Crippen LogP) is 3.81. The van der Waals surface area contributed by atoms with E-state index in [1.165, 1.54) is 5.56 Å². The fraction of sp³-hybridized carbons (Fsp3) is 0.318. The Labute approximate surface area is 170 Å². The number of pyridine rings is 1. The van der Waals surface area contributed by atoms with Crippen molar-refractivity contribution < 1.29 is 5.11 Å². The minimum Gasteiger partial charge on any atom is -0.506 e. The summed E-state index contributed by atoms with van der Waals surface area (Å²) < 4.78 is 4.18. The molecule has 0 saturated heterocycles. The molecule has 7 nitrogen and oxygen atoms in total. The molecule has 2 N–H and O–H groups in total. The molecule has 3 aromatic heterocycles. The van der Waals surface area contributed by atoms with E-state index >= 15 is 0 Å². The van der Waals surface area contributed by atoms with Crippen molar-refractivity contribution in [3.05, 3.63) is 65.5 Å². The van der Waals surface area contributed by atoms with Gasteiger partial charge in [0.1, 0.15) is 11.4 Å². The van der Waals surface area contributed by atoms with Gasteiger partial charge in [0.05, 0.1) is 23.9 Å². The van der Waals surface area contributed by atoms with Gasteiger partial charge in [0.15, 0.2) is 0 Å². The SMILES string of the molecule is Cc1cc(C)c2c(c1)nc(NCCCn1ccnc1)n2Cc1nc(C)ccc1O. The highest BCUT2D eigenvalue weighted by Gasteiger charge is 2.16. The molecule has 0 fully saturated rings. The summed E-state index contributed by atoms with van der Waals surface area (Å²) in [7, 11) is 0. The third-order valence-electron chi connectivity index (χ3n) is 5.01. The van der Waals surface area contributed by atoms with Crippen molar-refractivity contribution in [1.29, 1.82) is 0 Å². The molecule has 0 atom stereocenters. The fourth-order valence-electron chi connectivity index (χ4n) is 3.69. The van der Waals surface area contributed by atoms with Gasteiger partial charge in [-0.15, -0.1) is 0 Å². The van der Waals surface area contributed by atoms with Crippen molar-refractivity contribution in [2.75, 3.05) is 11.9 Å². The Bertz CT molecular complexity index is 1130. The minimum atomic E-state index is 0.202. The van der Waals surface area contributed by atoms with Crippen molar-refractivity contribution in [2.24, 2.45) is 0 Å². The maximum Gasteiger partial charge on any atom is 0.204 e. The van der Waals surface area contributed by atoms with E-state index < -0.39 is 0 Å². The standard InChI is InChI=1S/C22H26N6O/c1-15-11-16(2)21-18(12-15)26-22(24-7-4-9-27-10-8-23-14-27)28(21)13-19-20(29)6-5-17(3)25-19/h5-6,8,10-12,14,29H,4,7,9,13H2,1-3H3,(H,24,26). The predicted molar refractivity (Wildman–Crippen MR) is 114 cm³/mol. The Morgan fingerprint density at radius 2 is 1.97 bits per heavy atom. The van der Waals surface area contributed by atoms with Crippen LogP contribution in [-0.2, 0) is 13.1 Å². The monoisotopic (exact) mass is 390 g/mol. The normalized spacial score (nSPS) is 11.3. The summed E-state index contributed by atoms with van der Waals surface area (Å²) >= 11 is 0. The summed E-state index contributed by atoms with van der Waals surface area (Å²) in [6.45, 7) is 8.24. The van der Waals surface area contributed by atoms with Gasteiger partial charge in [-0.25, -0.2) is 9.97 Å². The number of imidazole rings is 2. The van der Waals surface area contributed by atoms with Crippen molar-refractivity contribution in [3.8, 4) is 5.75 Å². The molecule has 1 aromatic carbocycles. The Balaban J connectivity index is 1.64. The largest absolute Gasteiger partial charge is 0.506 e. The van der Waals surface area contributed by atoms with Crippen molar-refractivity contribution in [2.45, 2.75) is 40.3 Å². The molecule has 0 radical (unpaired) electrons. The first kappa shape index (κ1) is 19.0. The number of aromatic hydroxyl groups is 1. The van der Waals surface area contributed by atoms with Gasteiger partial charge in [0.2, 0.25) is 5.95 Å². The van der Waals surface area contributed by atoms with Crippen LogP contribution in [0.15, 0.2) is 43.0 Å². The van der Waals surface area contributed by atoms with Crippen molar-refractivity contribution in [3.63, 3.8) is 0 Å². The van der Waals surface area contributed by atoms with Crippen LogP contribution < -0.4 is 5.32 Å². The lowest BCUT2D eigenvalue weighted by Crippen LogP contribution is -2.12. The highest BCUT2D eigenvalue weighted by molar-refractivity contribution is 5.83. The first-order valence-corrected chi connectivity index (χ1v) is 9.84. The summed E-state index contributed by atoms with van der Waals surface area (Å²) in [6.07, 6.45) is 6.53. The molecule has 4 aromatic rings. The van der Waals surface area contributed by atoms with Crippen LogP contribution in [0.1, 0.15) is 28.9 Å². The second-order valence-electron chi connectivity index (χ2n) is 7.47. The van der Waals surface area contributed by atoms with E-state index in [0.717, 1.165) is 47.7 Å². The number of benzene rings is 1. The van der Waals surface area contributed by atoms with E-state index in [9.17, 15) is 5.11 Å². The van der Waals surface area contributed by atoms with Gasteiger partial charge in [0, 0.05) is 31.2 Å². The summed E-state index contributed by atoms with van der Waals surface area (Å²) in [4.78, 5) is 13.5. The number of hydrogen-bond donors (Lipinski definition) is 2.